The molecular formula is C24H22FN5O2. The summed E-state index contributed by atoms with van der Waals surface area (Å²) >= 11 is 0. The van der Waals surface area contributed by atoms with Crippen LogP contribution in [-0.2, 0) is 0 Å². The van der Waals surface area contributed by atoms with Crippen LogP contribution in [0.2, 0.25) is 0 Å². The third kappa shape index (κ3) is 3.79. The predicted octanol–water partition coefficient (Wildman–Crippen LogP) is 3.96. The number of benzene rings is 1. The fourth-order valence-corrected chi connectivity index (χ4v) is 4.16. The molecule has 3 aromatic heterocycles. The third-order valence-corrected chi connectivity index (χ3v) is 5.78. The van der Waals surface area contributed by atoms with Crippen LogP contribution in [0, 0.1) is 5.82 Å². The molecule has 1 saturated heterocycles. The van der Waals surface area contributed by atoms with Gasteiger partial charge in [-0.05, 0) is 55.3 Å². The first kappa shape index (κ1) is 20.1. The highest BCUT2D eigenvalue weighted by Gasteiger charge is 2.28. The van der Waals surface area contributed by atoms with E-state index in [-0.39, 0.29) is 17.6 Å². The Hall–Kier alpha value is -3.81. The molecule has 1 atom stereocenters. The summed E-state index contributed by atoms with van der Waals surface area (Å²) in [7, 11) is 1.56. The van der Waals surface area contributed by atoms with Crippen LogP contribution in [0.5, 0.6) is 5.75 Å². The molecule has 0 N–H and O–H groups in total. The Balaban J connectivity index is 1.42. The van der Waals surface area contributed by atoms with Gasteiger partial charge in [0.15, 0.2) is 11.5 Å². The molecule has 32 heavy (non-hydrogen) atoms. The molecule has 4 aromatic rings. The van der Waals surface area contributed by atoms with Crippen LogP contribution in [-0.4, -0.2) is 50.6 Å². The highest BCUT2D eigenvalue weighted by molar-refractivity contribution is 5.92. The Morgan fingerprint density at radius 1 is 1.19 bits per heavy atom. The molecule has 1 fully saturated rings. The molecule has 0 unspecified atom stereocenters. The average Bonchev–Trinajstić information content (AvgIpc) is 3.28. The van der Waals surface area contributed by atoms with Crippen molar-refractivity contribution in [1.82, 2.24) is 24.5 Å². The van der Waals surface area contributed by atoms with Gasteiger partial charge in [0, 0.05) is 42.5 Å². The Morgan fingerprint density at radius 3 is 2.91 bits per heavy atom. The van der Waals surface area contributed by atoms with Gasteiger partial charge < -0.3 is 9.64 Å². The van der Waals surface area contributed by atoms with Gasteiger partial charge >= 0.3 is 0 Å². The second-order valence-electron chi connectivity index (χ2n) is 7.84. The van der Waals surface area contributed by atoms with E-state index in [1.807, 2.05) is 29.3 Å². The molecule has 1 aromatic carbocycles. The molecule has 8 heteroatoms. The quantitative estimate of drug-likeness (QED) is 0.489. The van der Waals surface area contributed by atoms with Crippen LogP contribution in [0.25, 0.3) is 16.8 Å². The summed E-state index contributed by atoms with van der Waals surface area (Å²) in [5.41, 5.74) is 2.58. The molecular weight excluding hydrogens is 409 g/mol. The number of hydrogen-bond donors (Lipinski definition) is 0. The third-order valence-electron chi connectivity index (χ3n) is 5.78. The van der Waals surface area contributed by atoms with Gasteiger partial charge in [-0.25, -0.2) is 13.9 Å². The fraction of sp³-hybridized carbons (Fsp3) is 0.250. The molecule has 1 aliphatic rings. The van der Waals surface area contributed by atoms with Crippen LogP contribution < -0.4 is 4.74 Å². The molecule has 0 spiro atoms. The van der Waals surface area contributed by atoms with Crippen molar-refractivity contribution in [3.8, 4) is 16.9 Å². The number of piperidine rings is 1. The van der Waals surface area contributed by atoms with E-state index in [1.165, 1.54) is 12.1 Å². The minimum Gasteiger partial charge on any atom is -0.496 e. The number of hydrogen-bond acceptors (Lipinski definition) is 5. The van der Waals surface area contributed by atoms with Crippen LogP contribution in [0.1, 0.15) is 35.1 Å². The SMILES string of the molecule is COc1ccc(F)cc1-c1ccc2nc([C@@H]3CCCN(C(=O)c4ccccn4)C3)nn2c1. The predicted molar refractivity (Wildman–Crippen MR) is 117 cm³/mol. The topological polar surface area (TPSA) is 72.6 Å². The molecule has 1 amide bonds. The lowest BCUT2D eigenvalue weighted by Crippen LogP contribution is -2.39. The second kappa shape index (κ2) is 8.37. The summed E-state index contributed by atoms with van der Waals surface area (Å²) < 4.78 is 20.9. The number of methoxy groups -OCH3 is 1. The lowest BCUT2D eigenvalue weighted by Gasteiger charge is -2.31. The van der Waals surface area contributed by atoms with Gasteiger partial charge in [-0.1, -0.05) is 6.07 Å². The number of amides is 1. The van der Waals surface area contributed by atoms with E-state index in [2.05, 4.69) is 10.1 Å². The van der Waals surface area contributed by atoms with Crippen molar-refractivity contribution in [3.05, 3.63) is 78.3 Å². The summed E-state index contributed by atoms with van der Waals surface area (Å²) in [5, 5.41) is 4.68. The fourth-order valence-electron chi connectivity index (χ4n) is 4.16. The van der Waals surface area contributed by atoms with Crippen molar-refractivity contribution in [2.24, 2.45) is 0 Å². The average molecular weight is 431 g/mol. The summed E-state index contributed by atoms with van der Waals surface area (Å²) in [6.45, 7) is 1.25. The number of aromatic nitrogens is 4. The Morgan fingerprint density at radius 2 is 2.09 bits per heavy atom. The first-order valence-electron chi connectivity index (χ1n) is 10.5. The van der Waals surface area contributed by atoms with Crippen LogP contribution >= 0.6 is 0 Å². The van der Waals surface area contributed by atoms with Gasteiger partial charge in [-0.2, -0.15) is 5.10 Å². The standard InChI is InChI=1S/C24H22FN5O2/c1-32-21-9-8-18(25)13-19(21)16-7-10-22-27-23(28-30(22)15-16)17-5-4-12-29(14-17)24(31)20-6-2-3-11-26-20/h2-3,6-11,13,15,17H,4-5,12,14H2,1H3/t17-/m1/s1. The number of ether oxygens (including phenoxy) is 1. The first-order chi connectivity index (χ1) is 15.6. The van der Waals surface area contributed by atoms with Gasteiger partial charge in [0.25, 0.3) is 5.91 Å². The van der Waals surface area contributed by atoms with E-state index in [0.29, 0.717) is 41.6 Å². The van der Waals surface area contributed by atoms with E-state index >= 15 is 0 Å². The molecule has 162 valence electrons. The maximum Gasteiger partial charge on any atom is 0.272 e. The maximum atomic E-state index is 13.8. The van der Waals surface area contributed by atoms with Crippen molar-refractivity contribution in [1.29, 1.82) is 0 Å². The molecule has 0 radical (unpaired) electrons. The molecule has 1 aliphatic heterocycles. The largest absolute Gasteiger partial charge is 0.496 e. The van der Waals surface area contributed by atoms with E-state index in [0.717, 1.165) is 18.4 Å². The zero-order valence-corrected chi connectivity index (χ0v) is 17.6. The zero-order valence-electron chi connectivity index (χ0n) is 17.6. The van der Waals surface area contributed by atoms with Gasteiger partial charge in [-0.15, -0.1) is 0 Å². The second-order valence-corrected chi connectivity index (χ2v) is 7.84. The number of carbonyl (C=O) groups is 1. The highest BCUT2D eigenvalue weighted by Crippen LogP contribution is 2.31. The van der Waals surface area contributed by atoms with Gasteiger partial charge in [0.05, 0.1) is 7.11 Å². The Kier molecular flexibility index (Phi) is 5.26. The Bertz CT molecular complexity index is 1270. The number of halogens is 1. The normalized spacial score (nSPS) is 16.3. The molecule has 7 nitrogen and oxygen atoms in total. The number of nitrogens with zero attached hydrogens (tertiary/aromatic N) is 5. The van der Waals surface area contributed by atoms with E-state index in [4.69, 9.17) is 9.72 Å². The number of pyridine rings is 2. The molecule has 5 rings (SSSR count). The van der Waals surface area contributed by atoms with E-state index in [9.17, 15) is 9.18 Å². The summed E-state index contributed by atoms with van der Waals surface area (Å²) in [6, 6.07) is 13.5. The van der Waals surface area contributed by atoms with Crippen molar-refractivity contribution < 1.29 is 13.9 Å². The van der Waals surface area contributed by atoms with Crippen LogP contribution in [0.15, 0.2) is 60.9 Å². The monoisotopic (exact) mass is 431 g/mol. The van der Waals surface area contributed by atoms with Crippen molar-refractivity contribution in [3.63, 3.8) is 0 Å². The first-order valence-corrected chi connectivity index (χ1v) is 10.5. The minimum atomic E-state index is -0.333. The number of fused-ring (bicyclic) bond motifs is 1. The lowest BCUT2D eigenvalue weighted by atomic mass is 9.97. The van der Waals surface area contributed by atoms with Crippen molar-refractivity contribution >= 4 is 11.6 Å². The van der Waals surface area contributed by atoms with Gasteiger partial charge in [0.2, 0.25) is 0 Å². The number of carbonyl (C=O) groups excluding carboxylic acids is 1. The van der Waals surface area contributed by atoms with Gasteiger partial charge in [0.1, 0.15) is 17.3 Å². The lowest BCUT2D eigenvalue weighted by molar-refractivity contribution is 0.0698. The molecule has 0 bridgehead atoms. The summed E-state index contributed by atoms with van der Waals surface area (Å²) in [5.74, 6) is 0.928. The smallest absolute Gasteiger partial charge is 0.272 e. The maximum absolute atomic E-state index is 13.8. The zero-order chi connectivity index (χ0) is 22.1. The van der Waals surface area contributed by atoms with Crippen molar-refractivity contribution in [2.75, 3.05) is 20.2 Å². The van der Waals surface area contributed by atoms with Gasteiger partial charge in [-0.3, -0.25) is 9.78 Å². The summed E-state index contributed by atoms with van der Waals surface area (Å²) in [4.78, 5) is 23.5. The molecule has 0 aliphatic carbocycles. The van der Waals surface area contributed by atoms with E-state index < -0.39 is 0 Å². The van der Waals surface area contributed by atoms with Crippen LogP contribution in [0.3, 0.4) is 0 Å². The number of rotatable bonds is 4. The van der Waals surface area contributed by atoms with E-state index in [1.54, 1.807) is 36.0 Å². The molecule has 0 saturated carbocycles. The Labute approximate surface area is 184 Å². The minimum absolute atomic E-state index is 0.0449. The van der Waals surface area contributed by atoms with Crippen LogP contribution in [0.4, 0.5) is 4.39 Å². The number of likely N-dealkylation sites (tertiary alicyclic amines) is 1. The highest BCUT2D eigenvalue weighted by atomic mass is 19.1. The van der Waals surface area contributed by atoms with Crippen molar-refractivity contribution in [2.45, 2.75) is 18.8 Å². The summed E-state index contributed by atoms with van der Waals surface area (Å²) in [6.07, 6.45) is 5.24. The molecule has 4 heterocycles.